The molecule has 0 aliphatic carbocycles. The Morgan fingerprint density at radius 1 is 1.29 bits per heavy atom. The second kappa shape index (κ2) is 7.07. The number of benzene rings is 1. The smallest absolute Gasteiger partial charge is 0.224 e. The van der Waals surface area contributed by atoms with Crippen molar-refractivity contribution < 1.29 is 4.79 Å². The van der Waals surface area contributed by atoms with Crippen molar-refractivity contribution in [2.45, 2.75) is 26.7 Å². The van der Waals surface area contributed by atoms with Crippen LogP contribution in [0.5, 0.6) is 0 Å². The average Bonchev–Trinajstić information content (AvgIpc) is 2.28. The monoisotopic (exact) mass is 234 g/mol. The first-order valence-corrected chi connectivity index (χ1v) is 6.16. The highest BCUT2D eigenvalue weighted by Gasteiger charge is 2.13. The maximum Gasteiger partial charge on any atom is 0.224 e. The van der Waals surface area contributed by atoms with E-state index in [0.717, 1.165) is 12.1 Å². The summed E-state index contributed by atoms with van der Waals surface area (Å²) >= 11 is 0. The number of para-hydroxylation sites is 1. The molecule has 1 aromatic rings. The van der Waals surface area contributed by atoms with Crippen molar-refractivity contribution in [3.63, 3.8) is 0 Å². The predicted octanol–water partition coefficient (Wildman–Crippen LogP) is 2.64. The van der Waals surface area contributed by atoms with Gasteiger partial charge in [0.1, 0.15) is 0 Å². The molecule has 3 nitrogen and oxygen atoms in total. The fourth-order valence-corrected chi connectivity index (χ4v) is 1.93. The van der Waals surface area contributed by atoms with Crippen LogP contribution < -0.4 is 11.1 Å². The van der Waals surface area contributed by atoms with E-state index in [4.69, 9.17) is 5.73 Å². The van der Waals surface area contributed by atoms with E-state index in [9.17, 15) is 4.79 Å². The second-order valence-electron chi connectivity index (χ2n) is 4.85. The predicted molar refractivity (Wildman–Crippen MR) is 71.7 cm³/mol. The van der Waals surface area contributed by atoms with Crippen molar-refractivity contribution in [2.75, 3.05) is 11.9 Å². The van der Waals surface area contributed by atoms with Gasteiger partial charge in [0.2, 0.25) is 5.91 Å². The number of anilines is 1. The molecule has 0 aliphatic rings. The lowest BCUT2D eigenvalue weighted by molar-refractivity contribution is -0.117. The maximum absolute atomic E-state index is 11.8. The van der Waals surface area contributed by atoms with Crippen LogP contribution in [0, 0.1) is 11.8 Å². The molecule has 0 aromatic heterocycles. The van der Waals surface area contributed by atoms with Crippen LogP contribution in [0.2, 0.25) is 0 Å². The van der Waals surface area contributed by atoms with E-state index >= 15 is 0 Å². The molecule has 0 spiro atoms. The van der Waals surface area contributed by atoms with E-state index in [1.807, 2.05) is 30.3 Å². The van der Waals surface area contributed by atoms with E-state index in [-0.39, 0.29) is 11.8 Å². The summed E-state index contributed by atoms with van der Waals surface area (Å²) in [4.78, 5) is 11.8. The fraction of sp³-hybridized carbons (Fsp3) is 0.500. The van der Waals surface area contributed by atoms with Crippen molar-refractivity contribution in [2.24, 2.45) is 17.6 Å². The van der Waals surface area contributed by atoms with Gasteiger partial charge in [-0.2, -0.15) is 0 Å². The molecule has 0 saturated carbocycles. The van der Waals surface area contributed by atoms with Crippen LogP contribution in [-0.4, -0.2) is 12.5 Å². The molecule has 1 aromatic carbocycles. The highest BCUT2D eigenvalue weighted by atomic mass is 16.1. The number of nitrogens with two attached hydrogens (primary N) is 1. The van der Waals surface area contributed by atoms with E-state index < -0.39 is 0 Å². The molecule has 1 rings (SSSR count). The minimum atomic E-state index is 0.0484. The molecule has 1 atom stereocenters. The third kappa shape index (κ3) is 5.50. The Morgan fingerprint density at radius 3 is 2.47 bits per heavy atom. The zero-order valence-electron chi connectivity index (χ0n) is 10.6. The lowest BCUT2D eigenvalue weighted by Crippen LogP contribution is -2.23. The number of carbonyl (C=O) groups excluding carboxylic acids is 1. The Hall–Kier alpha value is -1.35. The van der Waals surface area contributed by atoms with Crippen molar-refractivity contribution >= 4 is 11.6 Å². The molecule has 94 valence electrons. The summed E-state index contributed by atoms with van der Waals surface area (Å²) in [6.07, 6.45) is 1.50. The lowest BCUT2D eigenvalue weighted by Gasteiger charge is -2.16. The molecule has 0 fully saturated rings. The lowest BCUT2D eigenvalue weighted by atomic mass is 9.94. The molecule has 0 saturated heterocycles. The minimum absolute atomic E-state index is 0.0484. The molecular formula is C14H22N2O. The van der Waals surface area contributed by atoms with Gasteiger partial charge in [-0.3, -0.25) is 4.79 Å². The van der Waals surface area contributed by atoms with Crippen LogP contribution in [-0.2, 0) is 4.79 Å². The quantitative estimate of drug-likeness (QED) is 0.795. The van der Waals surface area contributed by atoms with Gasteiger partial charge in [-0.15, -0.1) is 0 Å². The molecule has 17 heavy (non-hydrogen) atoms. The van der Waals surface area contributed by atoms with Gasteiger partial charge in [0.15, 0.2) is 0 Å². The highest BCUT2D eigenvalue weighted by Crippen LogP contribution is 2.15. The zero-order valence-corrected chi connectivity index (χ0v) is 10.6. The van der Waals surface area contributed by atoms with Crippen LogP contribution >= 0.6 is 0 Å². The summed E-state index contributed by atoms with van der Waals surface area (Å²) < 4.78 is 0. The highest BCUT2D eigenvalue weighted by molar-refractivity contribution is 5.90. The summed E-state index contributed by atoms with van der Waals surface area (Å²) in [5.74, 6) is 0.902. The van der Waals surface area contributed by atoms with Gasteiger partial charge in [0, 0.05) is 12.1 Å². The number of hydrogen-bond donors (Lipinski definition) is 2. The Kier molecular flexibility index (Phi) is 5.70. The third-order valence-corrected chi connectivity index (χ3v) is 2.67. The van der Waals surface area contributed by atoms with Crippen LogP contribution in [0.1, 0.15) is 26.7 Å². The summed E-state index contributed by atoms with van der Waals surface area (Å²) in [5.41, 5.74) is 6.53. The summed E-state index contributed by atoms with van der Waals surface area (Å²) in [5, 5.41) is 2.89. The van der Waals surface area contributed by atoms with Crippen molar-refractivity contribution in [3.05, 3.63) is 30.3 Å². The normalized spacial score (nSPS) is 12.5. The molecule has 1 unspecified atom stereocenters. The molecule has 3 heteroatoms. The Labute approximate surface area is 103 Å². The molecular weight excluding hydrogens is 212 g/mol. The van der Waals surface area contributed by atoms with Gasteiger partial charge >= 0.3 is 0 Å². The summed E-state index contributed by atoms with van der Waals surface area (Å²) in [7, 11) is 0. The topological polar surface area (TPSA) is 55.1 Å². The number of amides is 1. The summed E-state index contributed by atoms with van der Waals surface area (Å²) in [6.45, 7) is 4.87. The Bertz CT molecular complexity index is 335. The van der Waals surface area contributed by atoms with Crippen molar-refractivity contribution in [1.82, 2.24) is 0 Å². The zero-order chi connectivity index (χ0) is 12.7. The van der Waals surface area contributed by atoms with Crippen molar-refractivity contribution in [1.29, 1.82) is 0 Å². The van der Waals surface area contributed by atoms with E-state index in [0.29, 0.717) is 18.9 Å². The average molecular weight is 234 g/mol. The Balaban J connectivity index is 2.43. The van der Waals surface area contributed by atoms with Crippen LogP contribution in [0.25, 0.3) is 0 Å². The number of nitrogens with one attached hydrogen (secondary N) is 1. The second-order valence-corrected chi connectivity index (χ2v) is 4.85. The van der Waals surface area contributed by atoms with Gasteiger partial charge < -0.3 is 11.1 Å². The van der Waals surface area contributed by atoms with Gasteiger partial charge in [-0.05, 0) is 36.9 Å². The minimum Gasteiger partial charge on any atom is -0.330 e. The number of hydrogen-bond acceptors (Lipinski definition) is 2. The van der Waals surface area contributed by atoms with Gasteiger partial charge in [-0.25, -0.2) is 0 Å². The van der Waals surface area contributed by atoms with E-state index in [1.165, 1.54) is 0 Å². The van der Waals surface area contributed by atoms with Gasteiger partial charge in [0.05, 0.1) is 0 Å². The third-order valence-electron chi connectivity index (χ3n) is 2.67. The largest absolute Gasteiger partial charge is 0.330 e. The SMILES string of the molecule is CC(C)CC(CN)CC(=O)Nc1ccccc1. The van der Waals surface area contributed by atoms with Gasteiger partial charge in [0.25, 0.3) is 0 Å². The standard InChI is InChI=1S/C14H22N2O/c1-11(2)8-12(10-15)9-14(17)16-13-6-4-3-5-7-13/h3-7,11-12H,8-10,15H2,1-2H3,(H,16,17). The summed E-state index contributed by atoms with van der Waals surface area (Å²) in [6, 6.07) is 9.51. The first-order valence-electron chi connectivity index (χ1n) is 6.16. The van der Waals surface area contributed by atoms with E-state index in [1.54, 1.807) is 0 Å². The fourth-order valence-electron chi connectivity index (χ4n) is 1.93. The maximum atomic E-state index is 11.8. The number of rotatable bonds is 6. The first kappa shape index (κ1) is 13.7. The molecule has 1 amide bonds. The van der Waals surface area contributed by atoms with Crippen LogP contribution in [0.15, 0.2) is 30.3 Å². The van der Waals surface area contributed by atoms with Crippen LogP contribution in [0.4, 0.5) is 5.69 Å². The molecule has 0 bridgehead atoms. The first-order chi connectivity index (χ1) is 8.11. The number of carbonyl (C=O) groups is 1. The van der Waals surface area contributed by atoms with Gasteiger partial charge in [-0.1, -0.05) is 32.0 Å². The van der Waals surface area contributed by atoms with Crippen molar-refractivity contribution in [3.8, 4) is 0 Å². The van der Waals surface area contributed by atoms with Crippen LogP contribution in [0.3, 0.4) is 0 Å². The Morgan fingerprint density at radius 2 is 1.94 bits per heavy atom. The van der Waals surface area contributed by atoms with E-state index in [2.05, 4.69) is 19.2 Å². The molecule has 0 aliphatic heterocycles. The molecule has 0 heterocycles. The molecule has 3 N–H and O–H groups in total. The molecule has 0 radical (unpaired) electrons.